The number of benzene rings is 1. The average molecular weight is 339 g/mol. The number of sulfonamides is 1. The molecule has 1 atom stereocenters. The summed E-state index contributed by atoms with van der Waals surface area (Å²) in [5.41, 5.74) is 0.399. The summed E-state index contributed by atoms with van der Waals surface area (Å²) in [7, 11) is -3.66. The minimum absolute atomic E-state index is 0.0862. The summed E-state index contributed by atoms with van der Waals surface area (Å²) >= 11 is 0. The van der Waals surface area contributed by atoms with Crippen molar-refractivity contribution in [3.8, 4) is 0 Å². The summed E-state index contributed by atoms with van der Waals surface area (Å²) in [6.07, 6.45) is 0. The van der Waals surface area contributed by atoms with Crippen molar-refractivity contribution in [3.05, 3.63) is 29.8 Å². The minimum atomic E-state index is -3.66. The number of amides is 1. The summed E-state index contributed by atoms with van der Waals surface area (Å²) < 4.78 is 31.0. The zero-order valence-electron chi connectivity index (χ0n) is 12.7. The first-order valence-corrected chi connectivity index (χ1v) is 8.47. The molecule has 0 radical (unpaired) electrons. The van der Waals surface area contributed by atoms with Crippen molar-refractivity contribution in [3.63, 3.8) is 0 Å². The number of carbonyl (C=O) groups excluding carboxylic acids is 2. The van der Waals surface area contributed by atoms with Gasteiger partial charge in [0.1, 0.15) is 11.9 Å². The first-order valence-electron chi connectivity index (χ1n) is 6.98. The summed E-state index contributed by atoms with van der Waals surface area (Å²) in [6, 6.07) is 5.38. The Morgan fingerprint density at radius 1 is 1.35 bits per heavy atom. The maximum Gasteiger partial charge on any atom is 0.331 e. The van der Waals surface area contributed by atoms with Crippen molar-refractivity contribution >= 4 is 27.7 Å². The van der Waals surface area contributed by atoms with Crippen LogP contribution in [-0.2, 0) is 24.3 Å². The van der Waals surface area contributed by atoms with Crippen molar-refractivity contribution in [2.45, 2.75) is 24.8 Å². The molecule has 1 aliphatic heterocycles. The number of amidine groups is 1. The van der Waals surface area contributed by atoms with Gasteiger partial charge in [0.25, 0.3) is 15.9 Å². The molecule has 9 heteroatoms. The Morgan fingerprint density at radius 2 is 2.04 bits per heavy atom. The van der Waals surface area contributed by atoms with E-state index in [1.54, 1.807) is 25.1 Å². The zero-order valence-corrected chi connectivity index (χ0v) is 13.5. The van der Waals surface area contributed by atoms with Gasteiger partial charge in [-0.3, -0.25) is 14.5 Å². The van der Waals surface area contributed by atoms with Crippen molar-refractivity contribution in [2.24, 2.45) is 4.99 Å². The van der Waals surface area contributed by atoms with Crippen molar-refractivity contribution in [1.29, 1.82) is 0 Å². The summed E-state index contributed by atoms with van der Waals surface area (Å²) in [4.78, 5) is 27.2. The van der Waals surface area contributed by atoms with E-state index in [9.17, 15) is 18.0 Å². The van der Waals surface area contributed by atoms with Crippen LogP contribution >= 0.6 is 0 Å². The second-order valence-corrected chi connectivity index (χ2v) is 6.47. The monoisotopic (exact) mass is 339 g/mol. The molecule has 2 N–H and O–H groups in total. The van der Waals surface area contributed by atoms with Crippen molar-refractivity contribution in [1.82, 2.24) is 10.0 Å². The number of fused-ring (bicyclic) bond motifs is 1. The number of aliphatic imine (C=N–C) groups is 1. The van der Waals surface area contributed by atoms with Gasteiger partial charge in [-0.1, -0.05) is 12.1 Å². The number of esters is 1. The SMILES string of the molecule is CCNC(=O)COC(=O)[C@H](C)N=C1NS(=O)(=O)c2ccccc21. The Balaban J connectivity index is 2.10. The summed E-state index contributed by atoms with van der Waals surface area (Å²) in [5, 5.41) is 2.49. The Bertz CT molecular complexity index is 757. The second-order valence-electron chi connectivity index (χ2n) is 4.82. The molecule has 0 fully saturated rings. The quantitative estimate of drug-likeness (QED) is 0.721. The van der Waals surface area contributed by atoms with E-state index in [2.05, 4.69) is 15.0 Å². The Morgan fingerprint density at radius 3 is 2.74 bits per heavy atom. The largest absolute Gasteiger partial charge is 0.454 e. The molecule has 23 heavy (non-hydrogen) atoms. The third-order valence-corrected chi connectivity index (χ3v) is 4.44. The predicted molar refractivity (Wildman–Crippen MR) is 82.4 cm³/mol. The van der Waals surface area contributed by atoms with Gasteiger partial charge < -0.3 is 10.1 Å². The summed E-state index contributed by atoms with van der Waals surface area (Å²) in [6.45, 7) is 3.25. The molecule has 124 valence electrons. The Kier molecular flexibility index (Phi) is 4.99. The van der Waals surface area contributed by atoms with Gasteiger partial charge in [-0.2, -0.15) is 0 Å². The fraction of sp³-hybridized carbons (Fsp3) is 0.357. The molecule has 8 nitrogen and oxygen atoms in total. The predicted octanol–water partition coefficient (Wildman–Crippen LogP) is -0.207. The molecular formula is C14H17N3O5S. The van der Waals surface area contributed by atoms with Crippen LogP contribution < -0.4 is 10.0 Å². The Labute approximate surface area is 134 Å². The zero-order chi connectivity index (χ0) is 17.0. The number of ether oxygens (including phenoxy) is 1. The van der Waals surface area contributed by atoms with Crippen LogP contribution in [-0.4, -0.2) is 45.3 Å². The van der Waals surface area contributed by atoms with Gasteiger partial charge in [0.15, 0.2) is 6.61 Å². The highest BCUT2D eigenvalue weighted by atomic mass is 32.2. The molecule has 2 rings (SSSR count). The number of rotatable bonds is 5. The normalized spacial score (nSPS) is 17.9. The van der Waals surface area contributed by atoms with Crippen LogP contribution in [0.3, 0.4) is 0 Å². The number of nitrogens with zero attached hydrogens (tertiary/aromatic N) is 1. The van der Waals surface area contributed by atoms with Gasteiger partial charge in [0.05, 0.1) is 4.90 Å². The molecule has 0 bridgehead atoms. The lowest BCUT2D eigenvalue weighted by Crippen LogP contribution is -2.31. The van der Waals surface area contributed by atoms with Gasteiger partial charge in [-0.15, -0.1) is 0 Å². The van der Waals surface area contributed by atoms with E-state index in [1.807, 2.05) is 0 Å². The maximum atomic E-state index is 11.9. The molecule has 1 heterocycles. The highest BCUT2D eigenvalue weighted by molar-refractivity contribution is 7.90. The topological polar surface area (TPSA) is 114 Å². The number of hydrogen-bond acceptors (Lipinski definition) is 6. The smallest absolute Gasteiger partial charge is 0.331 e. The highest BCUT2D eigenvalue weighted by Gasteiger charge is 2.31. The molecular weight excluding hydrogens is 322 g/mol. The van der Waals surface area contributed by atoms with Crippen LogP contribution in [0.1, 0.15) is 19.4 Å². The van der Waals surface area contributed by atoms with Gasteiger partial charge >= 0.3 is 5.97 Å². The molecule has 0 aromatic heterocycles. The van der Waals surface area contributed by atoms with Gasteiger partial charge in [-0.25, -0.2) is 13.2 Å². The van der Waals surface area contributed by atoms with Crippen LogP contribution in [0.25, 0.3) is 0 Å². The first kappa shape index (κ1) is 16.9. The molecule has 1 aromatic rings. The number of carbonyl (C=O) groups is 2. The molecule has 0 saturated heterocycles. The van der Waals surface area contributed by atoms with Crippen LogP contribution in [0.2, 0.25) is 0 Å². The van der Waals surface area contributed by atoms with E-state index in [0.717, 1.165) is 0 Å². The molecule has 0 saturated carbocycles. The molecule has 0 unspecified atom stereocenters. The first-order chi connectivity index (χ1) is 10.8. The summed E-state index contributed by atoms with van der Waals surface area (Å²) in [5.74, 6) is -1.04. The maximum absolute atomic E-state index is 11.9. The minimum Gasteiger partial charge on any atom is -0.454 e. The van der Waals surface area contributed by atoms with Crippen LogP contribution in [0, 0.1) is 0 Å². The number of hydrogen-bond donors (Lipinski definition) is 2. The van der Waals surface area contributed by atoms with E-state index >= 15 is 0 Å². The molecule has 0 spiro atoms. The van der Waals surface area contributed by atoms with Crippen LogP contribution in [0.4, 0.5) is 0 Å². The van der Waals surface area contributed by atoms with E-state index in [1.165, 1.54) is 13.0 Å². The van der Waals surface area contributed by atoms with E-state index in [-0.39, 0.29) is 10.7 Å². The van der Waals surface area contributed by atoms with E-state index in [0.29, 0.717) is 12.1 Å². The second kappa shape index (κ2) is 6.78. The third kappa shape index (κ3) is 3.86. The number of nitrogens with one attached hydrogen (secondary N) is 2. The van der Waals surface area contributed by atoms with Crippen LogP contribution in [0.5, 0.6) is 0 Å². The molecule has 0 aliphatic carbocycles. The fourth-order valence-corrected chi connectivity index (χ4v) is 3.22. The van der Waals surface area contributed by atoms with Crippen LogP contribution in [0.15, 0.2) is 34.2 Å². The van der Waals surface area contributed by atoms with Gasteiger partial charge in [-0.05, 0) is 26.0 Å². The van der Waals surface area contributed by atoms with E-state index in [4.69, 9.17) is 4.74 Å². The van der Waals surface area contributed by atoms with Crippen molar-refractivity contribution in [2.75, 3.05) is 13.2 Å². The lowest BCUT2D eigenvalue weighted by atomic mass is 10.2. The lowest BCUT2D eigenvalue weighted by molar-refractivity contribution is -0.149. The van der Waals surface area contributed by atoms with Gasteiger partial charge in [0.2, 0.25) is 0 Å². The average Bonchev–Trinajstić information content (AvgIpc) is 2.76. The number of likely N-dealkylation sites (N-methyl/N-ethyl adjacent to an activating group) is 1. The fourth-order valence-electron chi connectivity index (χ4n) is 1.98. The van der Waals surface area contributed by atoms with Crippen molar-refractivity contribution < 1.29 is 22.7 Å². The van der Waals surface area contributed by atoms with E-state index < -0.39 is 34.5 Å². The highest BCUT2D eigenvalue weighted by Crippen LogP contribution is 2.22. The molecule has 1 amide bonds. The standard InChI is InChI=1S/C14H17N3O5S/c1-3-15-12(18)8-22-14(19)9(2)16-13-10-6-4-5-7-11(10)23(20,21)17-13/h4-7,9H,3,8H2,1-2H3,(H,15,18)(H,16,17)/t9-/m0/s1. The molecule has 1 aromatic carbocycles. The third-order valence-electron chi connectivity index (χ3n) is 3.05. The van der Waals surface area contributed by atoms with Gasteiger partial charge in [0, 0.05) is 12.1 Å². The lowest BCUT2D eigenvalue weighted by Gasteiger charge is -2.09. The molecule has 1 aliphatic rings. The Hall–Kier alpha value is -2.42.